The van der Waals surface area contributed by atoms with E-state index in [0.29, 0.717) is 5.56 Å². The molecule has 0 spiro atoms. The number of aromatic carboxylic acids is 1. The molecule has 3 heterocycles. The van der Waals surface area contributed by atoms with Crippen LogP contribution in [0.25, 0.3) is 10.2 Å². The molecule has 0 aliphatic carbocycles. The molecular weight excluding hydrogens is 310 g/mol. The van der Waals surface area contributed by atoms with Crippen LogP contribution in [0, 0.1) is 0 Å². The second-order valence-electron chi connectivity index (χ2n) is 5.66. The largest absolute Gasteiger partial charge is 0.478 e. The Balaban J connectivity index is 1.65. The molecule has 5 nitrogen and oxygen atoms in total. The molecule has 1 saturated heterocycles. The number of nitrogens with zero attached hydrogens (tertiary/aromatic N) is 3. The topological polar surface area (TPSA) is 66.3 Å². The van der Waals surface area contributed by atoms with Crippen LogP contribution in [0.1, 0.15) is 28.3 Å². The van der Waals surface area contributed by atoms with Crippen LogP contribution in [0.2, 0.25) is 0 Å². The summed E-state index contributed by atoms with van der Waals surface area (Å²) in [7, 11) is 0. The summed E-state index contributed by atoms with van der Waals surface area (Å²) in [5.41, 5.74) is 2.29. The summed E-state index contributed by atoms with van der Waals surface area (Å²) < 4.78 is 1.10. The highest BCUT2D eigenvalue weighted by Crippen LogP contribution is 2.35. The van der Waals surface area contributed by atoms with E-state index in [1.807, 2.05) is 23.6 Å². The van der Waals surface area contributed by atoms with Crippen LogP contribution in [0.3, 0.4) is 0 Å². The van der Waals surface area contributed by atoms with Crippen molar-refractivity contribution in [2.75, 3.05) is 18.0 Å². The van der Waals surface area contributed by atoms with Crippen LogP contribution >= 0.6 is 11.3 Å². The van der Waals surface area contributed by atoms with E-state index >= 15 is 0 Å². The number of aromatic nitrogens is 2. The minimum absolute atomic E-state index is 0.215. The van der Waals surface area contributed by atoms with E-state index in [1.54, 1.807) is 29.8 Å². The van der Waals surface area contributed by atoms with Crippen molar-refractivity contribution >= 4 is 33.3 Å². The number of carboxylic acid groups (broad SMARTS) is 1. The standard InChI is InChI=1S/C17H15N3O2S/c21-17(22)13-4-2-1-3-12(13)11-5-7-20(9-11)16-15-14(6-8-23-15)18-10-19-16/h1-4,6,8,10-11H,5,7,9H2,(H,21,22). The Bertz CT molecular complexity index is 877. The molecule has 1 atom stereocenters. The highest BCUT2D eigenvalue weighted by atomic mass is 32.1. The molecule has 1 aliphatic heterocycles. The maximum Gasteiger partial charge on any atom is 0.335 e. The lowest BCUT2D eigenvalue weighted by molar-refractivity contribution is 0.0695. The number of thiophene rings is 1. The van der Waals surface area contributed by atoms with E-state index in [9.17, 15) is 9.90 Å². The number of carboxylic acids is 1. The van der Waals surface area contributed by atoms with Crippen molar-refractivity contribution in [3.8, 4) is 0 Å². The summed E-state index contributed by atoms with van der Waals surface area (Å²) in [5, 5.41) is 11.4. The van der Waals surface area contributed by atoms with Gasteiger partial charge in [0.15, 0.2) is 0 Å². The Kier molecular flexibility index (Phi) is 3.46. The van der Waals surface area contributed by atoms with Crippen LogP contribution < -0.4 is 4.90 Å². The van der Waals surface area contributed by atoms with Crippen molar-refractivity contribution in [2.24, 2.45) is 0 Å². The van der Waals surface area contributed by atoms with Crippen LogP contribution in [-0.4, -0.2) is 34.1 Å². The average Bonchev–Trinajstić information content (AvgIpc) is 3.23. The fourth-order valence-electron chi connectivity index (χ4n) is 3.26. The predicted octanol–water partition coefficient (Wildman–Crippen LogP) is 3.38. The molecule has 4 rings (SSSR count). The first-order valence-corrected chi connectivity index (χ1v) is 8.37. The molecule has 1 N–H and O–H groups in total. The van der Waals surface area contributed by atoms with Gasteiger partial charge in [-0.3, -0.25) is 0 Å². The van der Waals surface area contributed by atoms with Gasteiger partial charge in [0, 0.05) is 19.0 Å². The zero-order chi connectivity index (χ0) is 15.8. The van der Waals surface area contributed by atoms with Crippen molar-refractivity contribution in [1.29, 1.82) is 0 Å². The molecular formula is C17H15N3O2S. The minimum atomic E-state index is -0.860. The Morgan fingerprint density at radius 2 is 2.13 bits per heavy atom. The molecule has 2 aromatic heterocycles. The van der Waals surface area contributed by atoms with Crippen molar-refractivity contribution in [2.45, 2.75) is 12.3 Å². The number of benzene rings is 1. The minimum Gasteiger partial charge on any atom is -0.478 e. The summed E-state index contributed by atoms with van der Waals surface area (Å²) in [6, 6.07) is 9.30. The van der Waals surface area contributed by atoms with Gasteiger partial charge < -0.3 is 10.0 Å². The van der Waals surface area contributed by atoms with Crippen molar-refractivity contribution in [3.63, 3.8) is 0 Å². The van der Waals surface area contributed by atoms with E-state index in [1.165, 1.54) is 0 Å². The fraction of sp³-hybridized carbons (Fsp3) is 0.235. The molecule has 0 amide bonds. The lowest BCUT2D eigenvalue weighted by Crippen LogP contribution is -2.21. The van der Waals surface area contributed by atoms with Gasteiger partial charge in [-0.15, -0.1) is 11.3 Å². The number of rotatable bonds is 3. The maximum atomic E-state index is 11.4. The van der Waals surface area contributed by atoms with Crippen LogP contribution in [0.4, 0.5) is 5.82 Å². The average molecular weight is 325 g/mol. The third kappa shape index (κ3) is 2.45. The van der Waals surface area contributed by atoms with Gasteiger partial charge in [-0.25, -0.2) is 14.8 Å². The summed E-state index contributed by atoms with van der Waals surface area (Å²) >= 11 is 1.65. The van der Waals surface area contributed by atoms with Gasteiger partial charge >= 0.3 is 5.97 Å². The highest BCUT2D eigenvalue weighted by molar-refractivity contribution is 7.17. The van der Waals surface area contributed by atoms with Crippen molar-refractivity contribution < 1.29 is 9.90 Å². The summed E-state index contributed by atoms with van der Waals surface area (Å²) in [4.78, 5) is 22.4. The lowest BCUT2D eigenvalue weighted by Gasteiger charge is -2.18. The quantitative estimate of drug-likeness (QED) is 0.799. The molecule has 116 valence electrons. The molecule has 0 bridgehead atoms. The smallest absolute Gasteiger partial charge is 0.335 e. The van der Waals surface area contributed by atoms with E-state index in [4.69, 9.17) is 0 Å². The molecule has 0 radical (unpaired) electrons. The fourth-order valence-corrected chi connectivity index (χ4v) is 4.12. The highest BCUT2D eigenvalue weighted by Gasteiger charge is 2.28. The number of hydrogen-bond donors (Lipinski definition) is 1. The maximum absolute atomic E-state index is 11.4. The zero-order valence-electron chi connectivity index (χ0n) is 12.3. The number of fused-ring (bicyclic) bond motifs is 1. The van der Waals surface area contributed by atoms with Crippen molar-refractivity contribution in [1.82, 2.24) is 9.97 Å². The van der Waals surface area contributed by atoms with Gasteiger partial charge in [-0.05, 0) is 29.5 Å². The molecule has 0 saturated carbocycles. The number of carbonyl (C=O) groups is 1. The first kappa shape index (κ1) is 14.1. The van der Waals surface area contributed by atoms with Gasteiger partial charge in [0.05, 0.1) is 15.8 Å². The van der Waals surface area contributed by atoms with Gasteiger partial charge in [0.25, 0.3) is 0 Å². The number of anilines is 1. The van der Waals surface area contributed by atoms with Crippen LogP contribution in [0.5, 0.6) is 0 Å². The van der Waals surface area contributed by atoms with Crippen LogP contribution in [0.15, 0.2) is 42.0 Å². The monoisotopic (exact) mass is 325 g/mol. The molecule has 1 aliphatic rings. The first-order chi connectivity index (χ1) is 11.2. The molecule has 1 fully saturated rings. The van der Waals surface area contributed by atoms with Crippen LogP contribution in [-0.2, 0) is 0 Å². The predicted molar refractivity (Wildman–Crippen MR) is 90.4 cm³/mol. The Hall–Kier alpha value is -2.47. The van der Waals surface area contributed by atoms with Crippen molar-refractivity contribution in [3.05, 3.63) is 53.2 Å². The summed E-state index contributed by atoms with van der Waals surface area (Å²) in [6.45, 7) is 1.66. The second-order valence-corrected chi connectivity index (χ2v) is 6.57. The normalized spacial score (nSPS) is 17.7. The Labute approximate surface area is 137 Å². The number of hydrogen-bond acceptors (Lipinski definition) is 5. The second kappa shape index (κ2) is 5.62. The van der Waals surface area contributed by atoms with E-state index < -0.39 is 5.97 Å². The van der Waals surface area contributed by atoms with E-state index in [2.05, 4.69) is 14.9 Å². The molecule has 23 heavy (non-hydrogen) atoms. The zero-order valence-corrected chi connectivity index (χ0v) is 13.2. The van der Waals surface area contributed by atoms with Gasteiger partial charge in [0.1, 0.15) is 12.1 Å². The van der Waals surface area contributed by atoms with Gasteiger partial charge in [-0.1, -0.05) is 18.2 Å². The summed E-state index contributed by atoms with van der Waals surface area (Å²) in [6.07, 6.45) is 2.53. The SMILES string of the molecule is O=C(O)c1ccccc1C1CCN(c2ncnc3ccsc23)C1. The third-order valence-electron chi connectivity index (χ3n) is 4.34. The van der Waals surface area contributed by atoms with Gasteiger partial charge in [0.2, 0.25) is 0 Å². The molecule has 1 aromatic carbocycles. The lowest BCUT2D eigenvalue weighted by atomic mass is 9.93. The Morgan fingerprint density at radius 3 is 3.00 bits per heavy atom. The molecule has 6 heteroatoms. The molecule has 1 unspecified atom stereocenters. The van der Waals surface area contributed by atoms with E-state index in [0.717, 1.165) is 41.1 Å². The first-order valence-electron chi connectivity index (χ1n) is 7.49. The Morgan fingerprint density at radius 1 is 1.26 bits per heavy atom. The van der Waals surface area contributed by atoms with E-state index in [-0.39, 0.29) is 5.92 Å². The van der Waals surface area contributed by atoms with Gasteiger partial charge in [-0.2, -0.15) is 0 Å². The molecule has 3 aromatic rings. The summed E-state index contributed by atoms with van der Waals surface area (Å²) in [5.74, 6) is 0.314. The third-order valence-corrected chi connectivity index (χ3v) is 5.24.